The van der Waals surface area contributed by atoms with Crippen molar-refractivity contribution in [3.63, 3.8) is 0 Å². The van der Waals surface area contributed by atoms with Gasteiger partial charge in [0.2, 0.25) is 5.95 Å². The zero-order valence-electron chi connectivity index (χ0n) is 14.5. The van der Waals surface area contributed by atoms with Gasteiger partial charge >= 0.3 is 6.18 Å². The van der Waals surface area contributed by atoms with Gasteiger partial charge in [-0.15, -0.1) is 0 Å². The molecule has 1 atom stereocenters. The predicted octanol–water partition coefficient (Wildman–Crippen LogP) is 3.29. The molecule has 0 radical (unpaired) electrons. The van der Waals surface area contributed by atoms with E-state index < -0.39 is 11.9 Å². The quantitative estimate of drug-likeness (QED) is 0.751. The maximum absolute atomic E-state index is 13.2. The third-order valence-corrected chi connectivity index (χ3v) is 3.86. The van der Waals surface area contributed by atoms with Gasteiger partial charge in [-0.05, 0) is 26.0 Å². The number of aryl methyl sites for hydroxylation is 2. The molecule has 0 unspecified atom stereocenters. The van der Waals surface area contributed by atoms with Gasteiger partial charge in [-0.25, -0.2) is 9.97 Å². The highest BCUT2D eigenvalue weighted by Crippen LogP contribution is 2.31. The molecule has 3 rings (SSSR count). The molecule has 0 aliphatic heterocycles. The van der Waals surface area contributed by atoms with Crippen LogP contribution in [0.1, 0.15) is 31.3 Å². The minimum absolute atomic E-state index is 0.102. The van der Waals surface area contributed by atoms with E-state index in [-0.39, 0.29) is 17.7 Å². The van der Waals surface area contributed by atoms with Crippen molar-refractivity contribution < 1.29 is 13.2 Å². The fraction of sp³-hybridized carbons (Fsp3) is 0.375. The van der Waals surface area contributed by atoms with Gasteiger partial charge in [0, 0.05) is 31.5 Å². The Morgan fingerprint density at radius 1 is 1.23 bits per heavy atom. The average Bonchev–Trinajstić information content (AvgIpc) is 3.22. The molecule has 1 N–H and O–H groups in total. The van der Waals surface area contributed by atoms with Gasteiger partial charge in [-0.1, -0.05) is 0 Å². The lowest BCUT2D eigenvalue weighted by atomic mass is 10.2. The lowest BCUT2D eigenvalue weighted by Crippen LogP contribution is -2.17. The summed E-state index contributed by atoms with van der Waals surface area (Å²) in [6.45, 7) is 4.40. The largest absolute Gasteiger partial charge is 0.433 e. The van der Waals surface area contributed by atoms with Gasteiger partial charge < -0.3 is 5.32 Å². The molecule has 0 aliphatic rings. The van der Waals surface area contributed by atoms with Gasteiger partial charge in [0.25, 0.3) is 0 Å². The molecule has 0 spiro atoms. The van der Waals surface area contributed by atoms with E-state index in [0.29, 0.717) is 12.1 Å². The second kappa shape index (κ2) is 6.77. The summed E-state index contributed by atoms with van der Waals surface area (Å²) in [7, 11) is 1.68. The molecule has 26 heavy (non-hydrogen) atoms. The summed E-state index contributed by atoms with van der Waals surface area (Å²) in [5, 5.41) is 11.1. The van der Waals surface area contributed by atoms with E-state index in [1.807, 2.05) is 13.8 Å². The highest BCUT2D eigenvalue weighted by atomic mass is 19.4. The molecule has 3 aromatic heterocycles. The number of alkyl halides is 3. The van der Waals surface area contributed by atoms with Crippen molar-refractivity contribution in [2.75, 3.05) is 5.32 Å². The third kappa shape index (κ3) is 3.68. The van der Waals surface area contributed by atoms with Crippen molar-refractivity contribution in [3.05, 3.63) is 42.1 Å². The smallest absolute Gasteiger partial charge is 0.346 e. The Balaban J connectivity index is 1.98. The molecule has 0 bridgehead atoms. The van der Waals surface area contributed by atoms with E-state index in [1.165, 1.54) is 10.9 Å². The number of hydrogen-bond acceptors (Lipinski definition) is 5. The highest BCUT2D eigenvalue weighted by molar-refractivity contribution is 5.59. The third-order valence-electron chi connectivity index (χ3n) is 3.86. The van der Waals surface area contributed by atoms with Gasteiger partial charge in [-0.3, -0.25) is 9.36 Å². The van der Waals surface area contributed by atoms with Crippen LogP contribution in [0.25, 0.3) is 11.3 Å². The molecular formula is C16H18F3N7. The van der Waals surface area contributed by atoms with Crippen molar-refractivity contribution in [3.8, 4) is 11.3 Å². The van der Waals surface area contributed by atoms with Crippen LogP contribution in [0.3, 0.4) is 0 Å². The van der Waals surface area contributed by atoms with E-state index in [4.69, 9.17) is 0 Å². The number of halogens is 3. The number of nitrogens with zero attached hydrogens (tertiary/aromatic N) is 6. The van der Waals surface area contributed by atoms with E-state index in [1.54, 1.807) is 30.2 Å². The highest BCUT2D eigenvalue weighted by Gasteiger charge is 2.34. The summed E-state index contributed by atoms with van der Waals surface area (Å²) in [6.07, 6.45) is 0.125. The monoisotopic (exact) mass is 365 g/mol. The number of aromatic nitrogens is 6. The van der Waals surface area contributed by atoms with Crippen molar-refractivity contribution in [2.45, 2.75) is 32.6 Å². The molecular weight excluding hydrogens is 347 g/mol. The van der Waals surface area contributed by atoms with Crippen LogP contribution in [0.2, 0.25) is 0 Å². The molecule has 3 heterocycles. The molecule has 0 aromatic carbocycles. The fourth-order valence-corrected chi connectivity index (χ4v) is 2.60. The number of anilines is 1. The summed E-state index contributed by atoms with van der Waals surface area (Å²) in [5.41, 5.74) is 0.454. The Morgan fingerprint density at radius 2 is 2.00 bits per heavy atom. The Bertz CT molecular complexity index is 897. The number of rotatable bonds is 5. The van der Waals surface area contributed by atoms with Gasteiger partial charge in [0.05, 0.1) is 23.6 Å². The topological polar surface area (TPSA) is 73.5 Å². The summed E-state index contributed by atoms with van der Waals surface area (Å²) in [6, 6.07) is 2.41. The maximum Gasteiger partial charge on any atom is 0.433 e. The molecule has 138 valence electrons. The van der Waals surface area contributed by atoms with Crippen molar-refractivity contribution >= 4 is 5.95 Å². The Morgan fingerprint density at radius 3 is 2.62 bits per heavy atom. The first-order valence-corrected chi connectivity index (χ1v) is 8.01. The molecule has 0 amide bonds. The van der Waals surface area contributed by atoms with Crippen molar-refractivity contribution in [1.82, 2.24) is 29.5 Å². The molecule has 0 saturated carbocycles. The molecule has 0 aliphatic carbocycles. The lowest BCUT2D eigenvalue weighted by Gasteiger charge is -2.17. The predicted molar refractivity (Wildman–Crippen MR) is 89.2 cm³/mol. The second-order valence-electron chi connectivity index (χ2n) is 5.80. The fourth-order valence-electron chi connectivity index (χ4n) is 2.60. The maximum atomic E-state index is 13.2. The van der Waals surface area contributed by atoms with Crippen LogP contribution in [0, 0.1) is 0 Å². The molecule has 0 saturated heterocycles. The van der Waals surface area contributed by atoms with Gasteiger partial charge in [0.1, 0.15) is 0 Å². The normalized spacial score (nSPS) is 13.0. The minimum atomic E-state index is -4.58. The van der Waals surface area contributed by atoms with Crippen LogP contribution in [-0.2, 0) is 19.8 Å². The Labute approximate surface area is 147 Å². The molecule has 7 nitrogen and oxygen atoms in total. The average molecular weight is 365 g/mol. The van der Waals surface area contributed by atoms with Crippen LogP contribution in [0.15, 0.2) is 30.7 Å². The van der Waals surface area contributed by atoms with Crippen LogP contribution in [-0.4, -0.2) is 29.5 Å². The zero-order chi connectivity index (χ0) is 18.9. The van der Waals surface area contributed by atoms with Crippen LogP contribution < -0.4 is 5.32 Å². The Kier molecular flexibility index (Phi) is 4.66. The molecule has 3 aromatic rings. The van der Waals surface area contributed by atoms with E-state index in [0.717, 1.165) is 11.8 Å². The van der Waals surface area contributed by atoms with Crippen molar-refractivity contribution in [1.29, 1.82) is 0 Å². The number of nitrogens with one attached hydrogen (secondary N) is 1. The zero-order valence-corrected chi connectivity index (χ0v) is 14.5. The van der Waals surface area contributed by atoms with E-state index in [9.17, 15) is 13.2 Å². The number of hydrogen-bond donors (Lipinski definition) is 1. The lowest BCUT2D eigenvalue weighted by molar-refractivity contribution is -0.141. The van der Waals surface area contributed by atoms with Crippen LogP contribution in [0.5, 0.6) is 0 Å². The first kappa shape index (κ1) is 17.9. The van der Waals surface area contributed by atoms with E-state index in [2.05, 4.69) is 25.5 Å². The first-order valence-electron chi connectivity index (χ1n) is 8.01. The minimum Gasteiger partial charge on any atom is -0.346 e. The SMILES string of the molecule is CCn1nccc1[C@H](C)Nc1nc(-c2cnn(C)c2)cc(C(F)(F)F)n1. The second-order valence-corrected chi connectivity index (χ2v) is 5.80. The standard InChI is InChI=1S/C16H18F3N7/c1-4-26-13(5-6-20-26)10(2)22-15-23-12(11-8-21-25(3)9-11)7-14(24-15)16(17,18)19/h5-10H,4H2,1-3H3,(H,22,23,24)/t10-/m0/s1. The van der Waals surface area contributed by atoms with Crippen LogP contribution in [0.4, 0.5) is 19.1 Å². The summed E-state index contributed by atoms with van der Waals surface area (Å²) in [4.78, 5) is 7.87. The Hall–Kier alpha value is -2.91. The van der Waals surface area contributed by atoms with Gasteiger partial charge in [-0.2, -0.15) is 23.4 Å². The van der Waals surface area contributed by atoms with Gasteiger partial charge in [0.15, 0.2) is 5.69 Å². The molecule has 0 fully saturated rings. The first-order chi connectivity index (χ1) is 12.3. The summed E-state index contributed by atoms with van der Waals surface area (Å²) >= 11 is 0. The summed E-state index contributed by atoms with van der Waals surface area (Å²) in [5.74, 6) is -0.102. The molecule has 10 heteroatoms. The van der Waals surface area contributed by atoms with Crippen LogP contribution >= 0.6 is 0 Å². The van der Waals surface area contributed by atoms with E-state index >= 15 is 0 Å². The summed E-state index contributed by atoms with van der Waals surface area (Å²) < 4.78 is 43.0. The van der Waals surface area contributed by atoms with Crippen molar-refractivity contribution in [2.24, 2.45) is 7.05 Å².